The number of rotatable bonds is 6. The molecule has 0 bridgehead atoms. The molecule has 6 heteroatoms. The summed E-state index contributed by atoms with van der Waals surface area (Å²) >= 11 is 4.94. The summed E-state index contributed by atoms with van der Waals surface area (Å²) in [6, 6.07) is 10.6. The number of nitrogens with two attached hydrogens (primary N) is 1. The van der Waals surface area contributed by atoms with E-state index in [0.29, 0.717) is 5.58 Å². The van der Waals surface area contributed by atoms with E-state index in [2.05, 4.69) is 24.5 Å². The van der Waals surface area contributed by atoms with Crippen LogP contribution in [0.3, 0.4) is 0 Å². The standard InChI is InChI=1S/C9H19NOS.C9H6O2.CH5N/c1-4-10(5-2)8-6-7-9(12)11-3;10-9-6-5-7-3-1-2-4-8(7)11-9;1-2/h4-8H2,1-3H3;1-6H;2H2,1H3. The van der Waals surface area contributed by atoms with Gasteiger partial charge in [0.25, 0.3) is 0 Å². The highest BCUT2D eigenvalue weighted by Crippen LogP contribution is 2.08. The fourth-order valence-corrected chi connectivity index (χ4v) is 2.24. The van der Waals surface area contributed by atoms with Crippen molar-refractivity contribution in [3.05, 3.63) is 46.8 Å². The summed E-state index contributed by atoms with van der Waals surface area (Å²) in [5.41, 5.74) is 4.84. The topological polar surface area (TPSA) is 68.7 Å². The van der Waals surface area contributed by atoms with E-state index in [-0.39, 0.29) is 5.63 Å². The molecule has 0 saturated carbocycles. The van der Waals surface area contributed by atoms with Crippen molar-refractivity contribution in [2.45, 2.75) is 26.7 Å². The van der Waals surface area contributed by atoms with Gasteiger partial charge in [0.05, 0.1) is 7.11 Å². The van der Waals surface area contributed by atoms with E-state index in [1.165, 1.54) is 13.1 Å². The van der Waals surface area contributed by atoms with E-state index in [1.807, 2.05) is 18.2 Å². The average Bonchev–Trinajstić information content (AvgIpc) is 2.67. The molecular weight excluding hydrogens is 336 g/mol. The molecule has 25 heavy (non-hydrogen) atoms. The largest absolute Gasteiger partial charge is 0.490 e. The molecule has 0 atom stereocenters. The Morgan fingerprint density at radius 1 is 1.16 bits per heavy atom. The summed E-state index contributed by atoms with van der Waals surface area (Å²) in [5, 5.41) is 1.68. The molecule has 0 saturated heterocycles. The average molecular weight is 367 g/mol. The minimum Gasteiger partial charge on any atom is -0.490 e. The van der Waals surface area contributed by atoms with Crippen LogP contribution in [0.25, 0.3) is 11.0 Å². The molecule has 0 unspecified atom stereocenters. The quantitative estimate of drug-likeness (QED) is 0.624. The molecule has 0 aliphatic carbocycles. The second-order valence-electron chi connectivity index (χ2n) is 5.00. The Morgan fingerprint density at radius 2 is 1.80 bits per heavy atom. The first kappa shape index (κ1) is 23.2. The molecule has 0 spiro atoms. The van der Waals surface area contributed by atoms with Crippen LogP contribution in [0.2, 0.25) is 0 Å². The van der Waals surface area contributed by atoms with Crippen LogP contribution < -0.4 is 11.4 Å². The van der Waals surface area contributed by atoms with E-state index >= 15 is 0 Å². The first-order valence-corrected chi connectivity index (χ1v) is 8.87. The third-order valence-corrected chi connectivity index (χ3v) is 3.88. The maximum absolute atomic E-state index is 10.7. The van der Waals surface area contributed by atoms with Gasteiger partial charge in [-0.3, -0.25) is 0 Å². The first-order valence-electron chi connectivity index (χ1n) is 8.46. The summed E-state index contributed by atoms with van der Waals surface area (Å²) in [6.07, 6.45) is 2.01. The fraction of sp³-hybridized carbons (Fsp3) is 0.474. The minimum absolute atomic E-state index is 0.302. The number of fused-ring (bicyclic) bond motifs is 1. The van der Waals surface area contributed by atoms with E-state index in [1.54, 1.807) is 19.2 Å². The molecule has 1 aromatic heterocycles. The van der Waals surface area contributed by atoms with Gasteiger partial charge in [-0.05, 0) is 57.5 Å². The van der Waals surface area contributed by atoms with Gasteiger partial charge in [-0.2, -0.15) is 0 Å². The number of methoxy groups -OCH3 is 1. The van der Waals surface area contributed by atoms with Crippen LogP contribution in [-0.2, 0) is 4.74 Å². The third kappa shape index (κ3) is 9.96. The van der Waals surface area contributed by atoms with Gasteiger partial charge in [0.2, 0.25) is 0 Å². The molecule has 0 aliphatic rings. The van der Waals surface area contributed by atoms with Gasteiger partial charge in [-0.25, -0.2) is 4.79 Å². The van der Waals surface area contributed by atoms with Crippen molar-refractivity contribution in [1.29, 1.82) is 0 Å². The Morgan fingerprint density at radius 3 is 2.40 bits per heavy atom. The van der Waals surface area contributed by atoms with Crippen molar-refractivity contribution in [3.8, 4) is 0 Å². The van der Waals surface area contributed by atoms with Crippen LogP contribution >= 0.6 is 12.2 Å². The monoisotopic (exact) mass is 366 g/mol. The molecule has 1 aromatic carbocycles. The van der Waals surface area contributed by atoms with Crippen LogP contribution in [0.4, 0.5) is 0 Å². The molecule has 2 rings (SSSR count). The van der Waals surface area contributed by atoms with Crippen molar-refractivity contribution in [2.75, 3.05) is 33.8 Å². The lowest BCUT2D eigenvalue weighted by molar-refractivity contribution is 0.298. The Balaban J connectivity index is 0.000000419. The molecule has 2 aromatic rings. The second-order valence-corrected chi connectivity index (χ2v) is 5.45. The van der Waals surface area contributed by atoms with E-state index in [0.717, 1.165) is 42.9 Å². The molecule has 0 radical (unpaired) electrons. The lowest BCUT2D eigenvalue weighted by atomic mass is 10.2. The summed E-state index contributed by atoms with van der Waals surface area (Å²) in [5.74, 6) is 0. The smallest absolute Gasteiger partial charge is 0.336 e. The predicted octanol–water partition coefficient (Wildman–Crippen LogP) is 3.45. The van der Waals surface area contributed by atoms with Crippen LogP contribution in [0.1, 0.15) is 26.7 Å². The van der Waals surface area contributed by atoms with Crippen LogP contribution in [-0.4, -0.2) is 43.7 Å². The zero-order valence-corrected chi connectivity index (χ0v) is 16.5. The van der Waals surface area contributed by atoms with Crippen LogP contribution in [0.5, 0.6) is 0 Å². The molecule has 140 valence electrons. The van der Waals surface area contributed by atoms with Gasteiger partial charge in [0, 0.05) is 17.9 Å². The Labute approximate surface area is 155 Å². The molecular formula is C19H30N2O3S. The molecule has 0 fully saturated rings. The normalized spacial score (nSPS) is 9.68. The first-order chi connectivity index (χ1) is 12.1. The second kappa shape index (κ2) is 14.6. The number of thiocarbonyl (C=S) groups is 1. The summed E-state index contributed by atoms with van der Waals surface area (Å²) in [7, 11) is 3.14. The Kier molecular flexibility index (Phi) is 13.5. The molecule has 0 amide bonds. The lowest BCUT2D eigenvalue weighted by Crippen LogP contribution is -2.24. The van der Waals surface area contributed by atoms with Crippen molar-refractivity contribution in [2.24, 2.45) is 5.73 Å². The van der Waals surface area contributed by atoms with Gasteiger partial charge in [0.15, 0.2) is 5.05 Å². The highest BCUT2D eigenvalue weighted by molar-refractivity contribution is 7.80. The van der Waals surface area contributed by atoms with E-state index in [4.69, 9.17) is 21.4 Å². The number of benzene rings is 1. The Bertz CT molecular complexity index is 654. The van der Waals surface area contributed by atoms with Crippen LogP contribution in [0.15, 0.2) is 45.6 Å². The minimum atomic E-state index is -0.302. The van der Waals surface area contributed by atoms with Crippen molar-refractivity contribution in [3.63, 3.8) is 0 Å². The zero-order chi connectivity index (χ0) is 19.1. The highest BCUT2D eigenvalue weighted by atomic mass is 32.1. The number of ether oxygens (including phenoxy) is 1. The number of hydrogen-bond acceptors (Lipinski definition) is 6. The number of nitrogens with zero attached hydrogens (tertiary/aromatic N) is 1. The van der Waals surface area contributed by atoms with E-state index in [9.17, 15) is 4.79 Å². The summed E-state index contributed by atoms with van der Waals surface area (Å²) < 4.78 is 9.82. The van der Waals surface area contributed by atoms with Gasteiger partial charge < -0.3 is 19.8 Å². The number of para-hydroxylation sites is 1. The maximum Gasteiger partial charge on any atom is 0.336 e. The van der Waals surface area contributed by atoms with Crippen LogP contribution in [0, 0.1) is 0 Å². The summed E-state index contributed by atoms with van der Waals surface area (Å²) in [4.78, 5) is 13.1. The van der Waals surface area contributed by atoms with Gasteiger partial charge in [-0.1, -0.05) is 32.0 Å². The number of hydrogen-bond donors (Lipinski definition) is 1. The van der Waals surface area contributed by atoms with Crippen molar-refractivity contribution < 1.29 is 9.15 Å². The van der Waals surface area contributed by atoms with Crippen molar-refractivity contribution >= 4 is 28.2 Å². The molecule has 0 aliphatic heterocycles. The summed E-state index contributed by atoms with van der Waals surface area (Å²) in [6.45, 7) is 7.72. The Hall–Kier alpha value is -1.76. The highest BCUT2D eigenvalue weighted by Gasteiger charge is 2.00. The molecule has 1 heterocycles. The zero-order valence-electron chi connectivity index (χ0n) is 15.7. The van der Waals surface area contributed by atoms with Gasteiger partial charge in [-0.15, -0.1) is 0 Å². The van der Waals surface area contributed by atoms with E-state index < -0.39 is 0 Å². The predicted molar refractivity (Wildman–Crippen MR) is 109 cm³/mol. The maximum atomic E-state index is 10.7. The third-order valence-electron chi connectivity index (χ3n) is 3.51. The SMILES string of the molecule is CCN(CC)CCCC(=S)OC.CN.O=c1ccc2ccccc2o1. The molecule has 2 N–H and O–H groups in total. The van der Waals surface area contributed by atoms with Gasteiger partial charge >= 0.3 is 5.63 Å². The van der Waals surface area contributed by atoms with Gasteiger partial charge in [0.1, 0.15) is 5.58 Å². The lowest BCUT2D eigenvalue weighted by Gasteiger charge is -2.17. The van der Waals surface area contributed by atoms with Crippen molar-refractivity contribution in [1.82, 2.24) is 4.90 Å². The molecule has 5 nitrogen and oxygen atoms in total. The fourth-order valence-electron chi connectivity index (χ4n) is 2.10.